The summed E-state index contributed by atoms with van der Waals surface area (Å²) >= 11 is 0. The standard InChI is InChI=1S/C21H24N2O2/c1-15(2)22(14-17-9-5-4-6-10-17)13-16(3)23-20(24)18-11-7-8-12-19(18)21(23)25/h4-12,15-16H,13-14H2,1-3H3. The van der Waals surface area contributed by atoms with E-state index in [-0.39, 0.29) is 17.9 Å². The Morgan fingerprint density at radius 2 is 1.36 bits per heavy atom. The zero-order valence-corrected chi connectivity index (χ0v) is 15.0. The fourth-order valence-electron chi connectivity index (χ4n) is 3.31. The molecule has 3 rings (SSSR count). The molecule has 2 aromatic rings. The Bertz CT molecular complexity index is 735. The van der Waals surface area contributed by atoms with Gasteiger partial charge < -0.3 is 0 Å². The predicted molar refractivity (Wildman–Crippen MR) is 98.4 cm³/mol. The van der Waals surface area contributed by atoms with Gasteiger partial charge in [-0.1, -0.05) is 42.5 Å². The van der Waals surface area contributed by atoms with Crippen molar-refractivity contribution in [3.8, 4) is 0 Å². The molecule has 0 spiro atoms. The maximum atomic E-state index is 12.6. The average molecular weight is 336 g/mol. The molecule has 1 aliphatic rings. The number of imide groups is 1. The van der Waals surface area contributed by atoms with Gasteiger partial charge in [-0.15, -0.1) is 0 Å². The van der Waals surface area contributed by atoms with E-state index >= 15 is 0 Å². The molecular weight excluding hydrogens is 312 g/mol. The topological polar surface area (TPSA) is 40.6 Å². The summed E-state index contributed by atoms with van der Waals surface area (Å²) in [7, 11) is 0. The molecule has 0 radical (unpaired) electrons. The highest BCUT2D eigenvalue weighted by atomic mass is 16.2. The zero-order valence-electron chi connectivity index (χ0n) is 15.0. The van der Waals surface area contributed by atoms with Crippen molar-refractivity contribution in [3.05, 3.63) is 71.3 Å². The van der Waals surface area contributed by atoms with Crippen LogP contribution in [0.2, 0.25) is 0 Å². The van der Waals surface area contributed by atoms with E-state index in [4.69, 9.17) is 0 Å². The second-order valence-corrected chi connectivity index (χ2v) is 6.88. The highest BCUT2D eigenvalue weighted by Crippen LogP contribution is 2.25. The van der Waals surface area contributed by atoms with Gasteiger partial charge in [-0.05, 0) is 38.5 Å². The number of fused-ring (bicyclic) bond motifs is 1. The van der Waals surface area contributed by atoms with Gasteiger partial charge >= 0.3 is 0 Å². The van der Waals surface area contributed by atoms with Crippen molar-refractivity contribution >= 4 is 11.8 Å². The number of rotatable bonds is 6. The molecule has 0 saturated heterocycles. The van der Waals surface area contributed by atoms with E-state index in [9.17, 15) is 9.59 Å². The van der Waals surface area contributed by atoms with Crippen molar-refractivity contribution in [1.29, 1.82) is 0 Å². The van der Waals surface area contributed by atoms with Crippen LogP contribution in [0.25, 0.3) is 0 Å². The van der Waals surface area contributed by atoms with Gasteiger partial charge in [0.1, 0.15) is 0 Å². The van der Waals surface area contributed by atoms with Gasteiger partial charge in [0.15, 0.2) is 0 Å². The minimum absolute atomic E-state index is 0.182. The van der Waals surface area contributed by atoms with E-state index in [0.717, 1.165) is 6.54 Å². The van der Waals surface area contributed by atoms with Crippen LogP contribution in [0, 0.1) is 0 Å². The quantitative estimate of drug-likeness (QED) is 0.757. The first-order valence-electron chi connectivity index (χ1n) is 8.74. The molecule has 1 atom stereocenters. The maximum Gasteiger partial charge on any atom is 0.261 e. The van der Waals surface area contributed by atoms with E-state index < -0.39 is 0 Å². The molecule has 2 amide bonds. The van der Waals surface area contributed by atoms with Crippen LogP contribution < -0.4 is 0 Å². The average Bonchev–Trinajstić information content (AvgIpc) is 2.86. The van der Waals surface area contributed by atoms with Crippen LogP contribution in [0.3, 0.4) is 0 Å². The minimum atomic E-state index is -0.184. The van der Waals surface area contributed by atoms with Gasteiger partial charge in [0.05, 0.1) is 17.2 Å². The Balaban J connectivity index is 1.75. The van der Waals surface area contributed by atoms with Crippen LogP contribution in [0.1, 0.15) is 47.1 Å². The monoisotopic (exact) mass is 336 g/mol. The lowest BCUT2D eigenvalue weighted by Gasteiger charge is -2.32. The predicted octanol–water partition coefficient (Wildman–Crippen LogP) is 3.58. The summed E-state index contributed by atoms with van der Waals surface area (Å²) < 4.78 is 0. The fourth-order valence-corrected chi connectivity index (χ4v) is 3.31. The van der Waals surface area contributed by atoms with Gasteiger partial charge in [-0.3, -0.25) is 19.4 Å². The van der Waals surface area contributed by atoms with Gasteiger partial charge in [0, 0.05) is 19.1 Å². The first-order valence-corrected chi connectivity index (χ1v) is 8.74. The lowest BCUT2D eigenvalue weighted by atomic mass is 10.1. The molecule has 0 aliphatic carbocycles. The Hall–Kier alpha value is -2.46. The molecule has 130 valence electrons. The van der Waals surface area contributed by atoms with Gasteiger partial charge in [0.25, 0.3) is 11.8 Å². The summed E-state index contributed by atoms with van der Waals surface area (Å²) in [5.41, 5.74) is 2.25. The molecule has 0 fully saturated rings. The van der Waals surface area contributed by atoms with Crippen LogP contribution in [0.15, 0.2) is 54.6 Å². The van der Waals surface area contributed by atoms with Crippen molar-refractivity contribution in [2.24, 2.45) is 0 Å². The smallest absolute Gasteiger partial charge is 0.261 e. The van der Waals surface area contributed by atoms with Crippen LogP contribution in [0.4, 0.5) is 0 Å². The molecule has 0 aromatic heterocycles. The minimum Gasteiger partial charge on any atom is -0.295 e. The van der Waals surface area contributed by atoms with Crippen molar-refractivity contribution in [1.82, 2.24) is 9.80 Å². The zero-order chi connectivity index (χ0) is 18.0. The highest BCUT2D eigenvalue weighted by Gasteiger charge is 2.38. The van der Waals surface area contributed by atoms with Crippen molar-refractivity contribution in [2.45, 2.75) is 39.4 Å². The Morgan fingerprint density at radius 1 is 0.840 bits per heavy atom. The lowest BCUT2D eigenvalue weighted by Crippen LogP contribution is -2.46. The fraction of sp³-hybridized carbons (Fsp3) is 0.333. The summed E-state index contributed by atoms with van der Waals surface area (Å²) in [6.07, 6.45) is 0. The van der Waals surface area contributed by atoms with Gasteiger partial charge in [-0.2, -0.15) is 0 Å². The third kappa shape index (κ3) is 3.49. The lowest BCUT2D eigenvalue weighted by molar-refractivity contribution is 0.0540. The van der Waals surface area contributed by atoms with Crippen molar-refractivity contribution in [2.75, 3.05) is 6.54 Å². The molecule has 1 heterocycles. The summed E-state index contributed by atoms with van der Waals surface area (Å²) in [4.78, 5) is 29.0. The number of amides is 2. The number of nitrogens with zero attached hydrogens (tertiary/aromatic N) is 2. The van der Waals surface area contributed by atoms with E-state index in [1.807, 2.05) is 25.1 Å². The normalized spacial score (nSPS) is 15.2. The number of carbonyl (C=O) groups excluding carboxylic acids is 2. The van der Waals surface area contributed by atoms with E-state index in [1.165, 1.54) is 10.5 Å². The summed E-state index contributed by atoms with van der Waals surface area (Å²) in [6.45, 7) is 7.67. The van der Waals surface area contributed by atoms with Gasteiger partial charge in [-0.25, -0.2) is 0 Å². The summed E-state index contributed by atoms with van der Waals surface area (Å²) in [5, 5.41) is 0. The third-order valence-electron chi connectivity index (χ3n) is 4.72. The van der Waals surface area contributed by atoms with E-state index in [1.54, 1.807) is 24.3 Å². The molecule has 4 heteroatoms. The van der Waals surface area contributed by atoms with Crippen LogP contribution >= 0.6 is 0 Å². The van der Waals surface area contributed by atoms with Crippen LogP contribution in [0.5, 0.6) is 0 Å². The molecular formula is C21H24N2O2. The summed E-state index contributed by atoms with van der Waals surface area (Å²) in [5.74, 6) is -0.368. The molecule has 1 aliphatic heterocycles. The first-order chi connectivity index (χ1) is 12.0. The first kappa shape index (κ1) is 17.4. The molecule has 2 aromatic carbocycles. The van der Waals surface area contributed by atoms with Gasteiger partial charge in [0.2, 0.25) is 0 Å². The summed E-state index contributed by atoms with van der Waals surface area (Å²) in [6, 6.07) is 17.5. The number of hydrogen-bond acceptors (Lipinski definition) is 3. The molecule has 0 saturated carbocycles. The molecule has 0 bridgehead atoms. The number of benzene rings is 2. The second kappa shape index (κ2) is 7.19. The number of carbonyl (C=O) groups is 2. The van der Waals surface area contributed by atoms with E-state index in [2.05, 4.69) is 30.9 Å². The van der Waals surface area contributed by atoms with Crippen molar-refractivity contribution in [3.63, 3.8) is 0 Å². The van der Waals surface area contributed by atoms with Crippen LogP contribution in [-0.4, -0.2) is 40.2 Å². The Kier molecular flexibility index (Phi) is 5.00. The second-order valence-electron chi connectivity index (χ2n) is 6.88. The maximum absolute atomic E-state index is 12.6. The van der Waals surface area contributed by atoms with E-state index in [0.29, 0.717) is 23.7 Å². The van der Waals surface area contributed by atoms with Crippen molar-refractivity contribution < 1.29 is 9.59 Å². The molecule has 4 nitrogen and oxygen atoms in total. The third-order valence-corrected chi connectivity index (χ3v) is 4.72. The molecule has 25 heavy (non-hydrogen) atoms. The Morgan fingerprint density at radius 3 is 1.88 bits per heavy atom. The number of hydrogen-bond donors (Lipinski definition) is 0. The van der Waals surface area contributed by atoms with Crippen LogP contribution in [-0.2, 0) is 6.54 Å². The Labute approximate surface area is 149 Å². The largest absolute Gasteiger partial charge is 0.295 e. The highest BCUT2D eigenvalue weighted by molar-refractivity contribution is 6.21. The SMILES string of the molecule is CC(C)N(Cc1ccccc1)CC(C)N1C(=O)c2ccccc2C1=O. The molecule has 1 unspecified atom stereocenters. The molecule has 0 N–H and O–H groups in total.